The first-order valence-electron chi connectivity index (χ1n) is 11.2. The van der Waals surface area contributed by atoms with Crippen LogP contribution in [0.15, 0.2) is 82.3 Å². The number of carbonyl (C=O) groups is 2. The molecule has 0 radical (unpaired) electrons. The fraction of sp³-hybridized carbons (Fsp3) is 0.222. The lowest BCUT2D eigenvalue weighted by Crippen LogP contribution is -2.34. The van der Waals surface area contributed by atoms with E-state index < -0.39 is 11.8 Å². The number of fused-ring (bicyclic) bond motifs is 3. The van der Waals surface area contributed by atoms with E-state index in [4.69, 9.17) is 10.1 Å². The van der Waals surface area contributed by atoms with Crippen LogP contribution in [-0.4, -0.2) is 45.6 Å². The van der Waals surface area contributed by atoms with Crippen LogP contribution >= 0.6 is 11.8 Å². The van der Waals surface area contributed by atoms with E-state index >= 15 is 0 Å². The van der Waals surface area contributed by atoms with Crippen molar-refractivity contribution in [2.75, 3.05) is 18.5 Å². The zero-order chi connectivity index (χ0) is 23.9. The molecule has 5 rings (SSSR count). The second-order valence-electron chi connectivity index (χ2n) is 9.05. The highest BCUT2D eigenvalue weighted by Crippen LogP contribution is 2.37. The normalized spacial score (nSPS) is 17.0. The average Bonchev–Trinajstić information content (AvgIpc) is 3.07. The number of aliphatic hydroxyl groups is 1. The number of thioether (sulfide) groups is 1. The van der Waals surface area contributed by atoms with Crippen molar-refractivity contribution in [1.29, 1.82) is 0 Å². The van der Waals surface area contributed by atoms with E-state index in [9.17, 15) is 9.59 Å². The highest BCUT2D eigenvalue weighted by atomic mass is 32.2. The molecule has 172 valence electrons. The van der Waals surface area contributed by atoms with Gasteiger partial charge in [0.1, 0.15) is 10.7 Å². The summed E-state index contributed by atoms with van der Waals surface area (Å²) in [7, 11) is 0. The van der Waals surface area contributed by atoms with Gasteiger partial charge >= 0.3 is 0 Å². The summed E-state index contributed by atoms with van der Waals surface area (Å²) in [6, 6.07) is 20.5. The number of aliphatic hydroxyl groups excluding tert-OH is 1. The fourth-order valence-corrected chi connectivity index (χ4v) is 5.48. The lowest BCUT2D eigenvalue weighted by atomic mass is 9.86. The van der Waals surface area contributed by atoms with Crippen LogP contribution in [0, 0.1) is 0 Å². The molecule has 0 atom stereocenters. The van der Waals surface area contributed by atoms with Gasteiger partial charge in [0.15, 0.2) is 0 Å². The largest absolute Gasteiger partial charge is 0.395 e. The van der Waals surface area contributed by atoms with Gasteiger partial charge < -0.3 is 10.4 Å². The number of nitrogens with one attached hydrogen (secondary N) is 1. The number of amides is 2. The van der Waals surface area contributed by atoms with Crippen molar-refractivity contribution in [1.82, 2.24) is 4.90 Å². The van der Waals surface area contributed by atoms with Crippen molar-refractivity contribution >= 4 is 45.1 Å². The minimum atomic E-state index is -0.430. The Bertz CT molecular complexity index is 1360. The molecule has 2 heterocycles. The summed E-state index contributed by atoms with van der Waals surface area (Å²) in [6.07, 6.45) is 2.16. The van der Waals surface area contributed by atoms with Gasteiger partial charge in [-0.1, -0.05) is 48.2 Å². The van der Waals surface area contributed by atoms with Gasteiger partial charge in [-0.3, -0.25) is 19.5 Å². The molecular formula is C27H25N3O3S. The molecule has 2 N–H and O–H groups in total. The zero-order valence-corrected chi connectivity index (χ0v) is 19.9. The molecule has 7 heteroatoms. The Morgan fingerprint density at radius 2 is 1.82 bits per heavy atom. The molecule has 34 heavy (non-hydrogen) atoms. The average molecular weight is 472 g/mol. The monoisotopic (exact) mass is 471 g/mol. The third-order valence-corrected chi connectivity index (χ3v) is 6.98. The third-order valence-electron chi connectivity index (χ3n) is 5.97. The maximum absolute atomic E-state index is 12.4. The number of hydrogen-bond acceptors (Lipinski definition) is 6. The number of anilines is 1. The van der Waals surface area contributed by atoms with Gasteiger partial charge in [0.05, 0.1) is 18.7 Å². The van der Waals surface area contributed by atoms with Gasteiger partial charge in [0.2, 0.25) is 0 Å². The Labute approximate surface area is 202 Å². The highest BCUT2D eigenvalue weighted by molar-refractivity contribution is 8.14. The first-order valence-corrected chi connectivity index (χ1v) is 12.0. The number of aliphatic imine (C=N–C) groups is 1. The van der Waals surface area contributed by atoms with Crippen molar-refractivity contribution in [3.8, 4) is 0 Å². The summed E-state index contributed by atoms with van der Waals surface area (Å²) < 4.78 is 0. The van der Waals surface area contributed by atoms with Crippen LogP contribution in [0.3, 0.4) is 0 Å². The topological polar surface area (TPSA) is 82.0 Å². The summed E-state index contributed by atoms with van der Waals surface area (Å²) in [5.41, 5.74) is 3.23. The number of carbonyl (C=O) groups excluding carboxylic acids is 2. The molecule has 2 amide bonds. The standard InChI is InChI=1S/C27H25N3O3S/c1-27(2)16-22-20-6-4-3-5-17(20)7-12-21(22)25(29-27)34-19-10-8-18(9-11-19)28-23-15-24(32)30(13-14-31)26(23)33/h3-12,15,28,31H,13-14,16H2,1-2H3. The number of β-amino-alcohol motifs (C(OH)–C–C–N with tert-alkyl or cyclic N) is 1. The van der Waals surface area contributed by atoms with Crippen LogP contribution in [-0.2, 0) is 16.0 Å². The van der Waals surface area contributed by atoms with Crippen LogP contribution in [0.1, 0.15) is 25.0 Å². The SMILES string of the molecule is CC1(C)Cc2c(ccc3ccccc23)C(Sc2ccc(NC3=CC(=O)N(CCO)C3=O)cc2)=N1. The molecule has 0 spiro atoms. The number of rotatable bonds is 5. The lowest BCUT2D eigenvalue weighted by Gasteiger charge is -2.29. The van der Waals surface area contributed by atoms with Gasteiger partial charge in [-0.25, -0.2) is 0 Å². The summed E-state index contributed by atoms with van der Waals surface area (Å²) in [5.74, 6) is -0.849. The van der Waals surface area contributed by atoms with Crippen LogP contribution in [0.5, 0.6) is 0 Å². The Morgan fingerprint density at radius 3 is 2.59 bits per heavy atom. The molecule has 3 aromatic carbocycles. The minimum Gasteiger partial charge on any atom is -0.395 e. The van der Waals surface area contributed by atoms with Gasteiger partial charge in [-0.2, -0.15) is 0 Å². The van der Waals surface area contributed by atoms with Gasteiger partial charge in [-0.15, -0.1) is 0 Å². The van der Waals surface area contributed by atoms with E-state index in [1.54, 1.807) is 11.8 Å². The number of benzene rings is 3. The number of nitrogens with zero attached hydrogens (tertiary/aromatic N) is 2. The van der Waals surface area contributed by atoms with Crippen molar-refractivity contribution in [3.63, 3.8) is 0 Å². The molecule has 3 aromatic rings. The van der Waals surface area contributed by atoms with Gasteiger partial charge in [0, 0.05) is 22.2 Å². The van der Waals surface area contributed by atoms with E-state index in [1.165, 1.54) is 28.0 Å². The quantitative estimate of drug-likeness (QED) is 0.540. The smallest absolute Gasteiger partial charge is 0.277 e. The maximum atomic E-state index is 12.4. The second kappa shape index (κ2) is 8.74. The lowest BCUT2D eigenvalue weighted by molar-refractivity contribution is -0.137. The zero-order valence-electron chi connectivity index (χ0n) is 19.0. The molecule has 2 aliphatic rings. The van der Waals surface area contributed by atoms with Crippen LogP contribution in [0.2, 0.25) is 0 Å². The van der Waals surface area contributed by atoms with Crippen molar-refractivity contribution in [2.24, 2.45) is 4.99 Å². The van der Waals surface area contributed by atoms with Crippen molar-refractivity contribution in [2.45, 2.75) is 30.7 Å². The molecule has 6 nitrogen and oxygen atoms in total. The number of imide groups is 1. The summed E-state index contributed by atoms with van der Waals surface area (Å²) in [6.45, 7) is 4.06. The van der Waals surface area contributed by atoms with Gasteiger partial charge in [-0.05, 0) is 60.9 Å². The van der Waals surface area contributed by atoms with Crippen LogP contribution < -0.4 is 5.32 Å². The number of hydrogen-bond donors (Lipinski definition) is 2. The van der Waals surface area contributed by atoms with E-state index in [0.29, 0.717) is 5.69 Å². The first-order chi connectivity index (χ1) is 16.3. The predicted octanol–water partition coefficient (Wildman–Crippen LogP) is 4.37. The molecular weight excluding hydrogens is 446 g/mol. The molecule has 0 aliphatic carbocycles. The van der Waals surface area contributed by atoms with E-state index in [1.807, 2.05) is 24.3 Å². The second-order valence-corrected chi connectivity index (χ2v) is 10.1. The Balaban J connectivity index is 1.37. The van der Waals surface area contributed by atoms with Crippen LogP contribution in [0.4, 0.5) is 5.69 Å². The van der Waals surface area contributed by atoms with Crippen LogP contribution in [0.25, 0.3) is 10.8 Å². The summed E-state index contributed by atoms with van der Waals surface area (Å²) in [4.78, 5) is 31.4. The highest BCUT2D eigenvalue weighted by Gasteiger charge is 2.31. The Hall–Kier alpha value is -3.42. The van der Waals surface area contributed by atoms with E-state index in [0.717, 1.165) is 21.3 Å². The van der Waals surface area contributed by atoms with E-state index in [-0.39, 0.29) is 24.4 Å². The molecule has 0 aromatic heterocycles. The Morgan fingerprint density at radius 1 is 1.06 bits per heavy atom. The molecule has 0 saturated carbocycles. The predicted molar refractivity (Wildman–Crippen MR) is 136 cm³/mol. The third kappa shape index (κ3) is 4.24. The minimum absolute atomic E-state index is 0.00978. The first kappa shape index (κ1) is 22.4. The summed E-state index contributed by atoms with van der Waals surface area (Å²) in [5, 5.41) is 15.6. The van der Waals surface area contributed by atoms with Crippen molar-refractivity contribution < 1.29 is 14.7 Å². The van der Waals surface area contributed by atoms with Crippen molar-refractivity contribution in [3.05, 3.63) is 83.6 Å². The van der Waals surface area contributed by atoms with Gasteiger partial charge in [0.25, 0.3) is 11.8 Å². The van der Waals surface area contributed by atoms with E-state index in [2.05, 4.69) is 55.6 Å². The maximum Gasteiger partial charge on any atom is 0.277 e. The fourth-order valence-electron chi connectivity index (χ4n) is 4.40. The Kier molecular flexibility index (Phi) is 5.75. The molecule has 2 aliphatic heterocycles. The molecule has 0 saturated heterocycles. The molecule has 0 fully saturated rings. The summed E-state index contributed by atoms with van der Waals surface area (Å²) >= 11 is 1.63. The molecule has 0 bridgehead atoms. The molecule has 0 unspecified atom stereocenters.